The smallest absolute Gasteiger partial charge is 0.341 e. The van der Waals surface area contributed by atoms with Gasteiger partial charge in [0, 0.05) is 11.6 Å². The van der Waals surface area contributed by atoms with E-state index in [9.17, 15) is 9.59 Å². The van der Waals surface area contributed by atoms with Gasteiger partial charge in [-0.1, -0.05) is 12.5 Å². The third-order valence-electron chi connectivity index (χ3n) is 5.16. The van der Waals surface area contributed by atoms with Gasteiger partial charge in [-0.05, 0) is 57.4 Å². The van der Waals surface area contributed by atoms with Gasteiger partial charge in [0.1, 0.15) is 5.56 Å². The maximum absolute atomic E-state index is 12.6. The van der Waals surface area contributed by atoms with Crippen molar-refractivity contribution < 1.29 is 14.3 Å². The van der Waals surface area contributed by atoms with Crippen molar-refractivity contribution in [2.45, 2.75) is 33.1 Å². The molecular weight excluding hydrogens is 380 g/mol. The number of hydrogen-bond donors (Lipinski definition) is 2. The monoisotopic (exact) mass is 406 g/mol. The van der Waals surface area contributed by atoms with Gasteiger partial charge in [0.05, 0.1) is 24.2 Å². The van der Waals surface area contributed by atoms with Crippen LogP contribution in [0.5, 0.6) is 0 Å². The highest BCUT2D eigenvalue weighted by Gasteiger charge is 2.31. The maximum Gasteiger partial charge on any atom is 0.341 e. The first-order valence-corrected chi connectivity index (χ1v) is 9.38. The molecule has 0 radical (unpaired) electrons. The Hall–Kier alpha value is -2.38. The van der Waals surface area contributed by atoms with Crippen LogP contribution in [0.4, 0.5) is 5.69 Å². The molecule has 0 saturated heterocycles. The highest BCUT2D eigenvalue weighted by Crippen LogP contribution is 2.32. The van der Waals surface area contributed by atoms with Crippen molar-refractivity contribution in [3.8, 4) is 5.69 Å². The van der Waals surface area contributed by atoms with Crippen molar-refractivity contribution in [3.05, 3.63) is 41.7 Å². The number of aromatic nitrogens is 2. The van der Waals surface area contributed by atoms with Crippen molar-refractivity contribution in [1.82, 2.24) is 9.78 Å². The van der Waals surface area contributed by atoms with Gasteiger partial charge in [-0.25, -0.2) is 9.48 Å². The van der Waals surface area contributed by atoms with Gasteiger partial charge in [0.15, 0.2) is 0 Å². The molecule has 2 aromatic rings. The zero-order chi connectivity index (χ0) is 19.4. The second-order valence-electron chi connectivity index (χ2n) is 6.85. The van der Waals surface area contributed by atoms with Gasteiger partial charge in [-0.2, -0.15) is 5.10 Å². The Labute approximate surface area is 171 Å². The number of amides is 1. The van der Waals surface area contributed by atoms with E-state index >= 15 is 0 Å². The van der Waals surface area contributed by atoms with Crippen LogP contribution in [0.3, 0.4) is 0 Å². The number of anilines is 1. The fourth-order valence-electron chi connectivity index (χ4n) is 3.69. The first-order valence-electron chi connectivity index (χ1n) is 9.38. The minimum atomic E-state index is -0.389. The van der Waals surface area contributed by atoms with Gasteiger partial charge in [-0.15, -0.1) is 12.4 Å². The lowest BCUT2D eigenvalue weighted by Crippen LogP contribution is -2.29. The summed E-state index contributed by atoms with van der Waals surface area (Å²) in [7, 11) is 0. The summed E-state index contributed by atoms with van der Waals surface area (Å²) in [5, 5.41) is 7.30. The highest BCUT2D eigenvalue weighted by molar-refractivity contribution is 5.93. The van der Waals surface area contributed by atoms with E-state index in [2.05, 4.69) is 10.4 Å². The summed E-state index contributed by atoms with van der Waals surface area (Å²) >= 11 is 0. The summed E-state index contributed by atoms with van der Waals surface area (Å²) < 4.78 is 6.72. The molecule has 1 aliphatic carbocycles. The van der Waals surface area contributed by atoms with Gasteiger partial charge >= 0.3 is 5.97 Å². The highest BCUT2D eigenvalue weighted by atomic mass is 35.5. The lowest BCUT2D eigenvalue weighted by molar-refractivity contribution is -0.120. The predicted molar refractivity (Wildman–Crippen MR) is 110 cm³/mol. The van der Waals surface area contributed by atoms with Crippen LogP contribution >= 0.6 is 12.4 Å². The van der Waals surface area contributed by atoms with E-state index in [0.717, 1.165) is 24.9 Å². The van der Waals surface area contributed by atoms with Gasteiger partial charge in [-0.3, -0.25) is 4.79 Å². The molecule has 1 aromatic heterocycles. The molecule has 0 bridgehead atoms. The van der Waals surface area contributed by atoms with Crippen LogP contribution in [0.25, 0.3) is 5.69 Å². The number of carbonyl (C=O) groups is 2. The Morgan fingerprint density at radius 2 is 2.14 bits per heavy atom. The second kappa shape index (κ2) is 9.71. The normalized spacial score (nSPS) is 18.4. The molecule has 0 unspecified atom stereocenters. The SMILES string of the molecule is CCOC(=O)c1cnn(-c2cccc(NC(=O)[C@@H]3CCC[C@@H]3CN)c2)c1C.Cl. The summed E-state index contributed by atoms with van der Waals surface area (Å²) in [6, 6.07) is 7.42. The largest absolute Gasteiger partial charge is 0.462 e. The first kappa shape index (κ1) is 21.9. The van der Waals surface area contributed by atoms with Crippen molar-refractivity contribution in [1.29, 1.82) is 0 Å². The van der Waals surface area contributed by atoms with E-state index in [1.807, 2.05) is 31.2 Å². The molecule has 3 rings (SSSR count). The lowest BCUT2D eigenvalue weighted by Gasteiger charge is -2.17. The average Bonchev–Trinajstić information content (AvgIpc) is 3.28. The topological polar surface area (TPSA) is 99.2 Å². The molecule has 3 N–H and O–H groups in total. The van der Waals surface area contributed by atoms with Crippen LogP contribution in [0.1, 0.15) is 42.2 Å². The molecular formula is C20H27ClN4O3. The molecule has 1 amide bonds. The standard InChI is InChI=1S/C20H26N4O3.ClH/c1-3-27-20(26)18-12-22-24(13(18)2)16-8-5-7-15(10-16)23-19(25)17-9-4-6-14(17)11-21;/h5,7-8,10,12,14,17H,3-4,6,9,11,21H2,1-2H3,(H,23,25);1H/t14-,17-;/m1./s1. The Bertz CT molecular complexity index is 837. The molecule has 1 aromatic carbocycles. The number of ether oxygens (including phenoxy) is 1. The van der Waals surface area contributed by atoms with Crippen molar-refractivity contribution >= 4 is 30.0 Å². The zero-order valence-corrected chi connectivity index (χ0v) is 17.0. The molecule has 28 heavy (non-hydrogen) atoms. The Kier molecular flexibility index (Phi) is 7.60. The zero-order valence-electron chi connectivity index (χ0n) is 16.2. The van der Waals surface area contributed by atoms with Gasteiger partial charge in [0.25, 0.3) is 0 Å². The van der Waals surface area contributed by atoms with E-state index in [1.165, 1.54) is 6.20 Å². The molecule has 1 heterocycles. The predicted octanol–water partition coefficient (Wildman–Crippen LogP) is 3.09. The average molecular weight is 407 g/mol. The van der Waals surface area contributed by atoms with Gasteiger partial charge < -0.3 is 15.8 Å². The fraction of sp³-hybridized carbons (Fsp3) is 0.450. The third kappa shape index (κ3) is 4.54. The molecule has 1 saturated carbocycles. The number of esters is 1. The van der Waals surface area contributed by atoms with E-state index < -0.39 is 0 Å². The van der Waals surface area contributed by atoms with Crippen LogP contribution in [0.15, 0.2) is 30.5 Å². The molecule has 2 atom stereocenters. The van der Waals surface area contributed by atoms with Crippen molar-refractivity contribution in [2.75, 3.05) is 18.5 Å². The van der Waals surface area contributed by atoms with Crippen LogP contribution in [-0.4, -0.2) is 34.8 Å². The number of halogens is 1. The second-order valence-corrected chi connectivity index (χ2v) is 6.85. The number of nitrogens with zero attached hydrogens (tertiary/aromatic N) is 2. The Balaban J connectivity index is 0.00000280. The Morgan fingerprint density at radius 1 is 1.36 bits per heavy atom. The summed E-state index contributed by atoms with van der Waals surface area (Å²) in [5.74, 6) is -0.140. The van der Waals surface area contributed by atoms with Crippen LogP contribution in [0, 0.1) is 18.8 Å². The van der Waals surface area contributed by atoms with Crippen LogP contribution in [0.2, 0.25) is 0 Å². The van der Waals surface area contributed by atoms with Crippen molar-refractivity contribution in [2.24, 2.45) is 17.6 Å². The van der Waals surface area contributed by atoms with E-state index in [4.69, 9.17) is 10.5 Å². The molecule has 7 nitrogen and oxygen atoms in total. The molecule has 0 aliphatic heterocycles. The number of hydrogen-bond acceptors (Lipinski definition) is 5. The third-order valence-corrected chi connectivity index (χ3v) is 5.16. The quantitative estimate of drug-likeness (QED) is 0.718. The molecule has 152 valence electrons. The van der Waals surface area contributed by atoms with Crippen molar-refractivity contribution in [3.63, 3.8) is 0 Å². The Morgan fingerprint density at radius 3 is 2.86 bits per heavy atom. The minimum absolute atomic E-state index is 0. The summed E-state index contributed by atoms with van der Waals surface area (Å²) in [5.41, 5.74) is 8.38. The molecule has 8 heteroatoms. The minimum Gasteiger partial charge on any atom is -0.462 e. The van der Waals surface area contributed by atoms with E-state index in [1.54, 1.807) is 11.6 Å². The number of nitrogens with two attached hydrogens (primary N) is 1. The summed E-state index contributed by atoms with van der Waals surface area (Å²) in [6.07, 6.45) is 4.44. The molecule has 1 aliphatic rings. The first-order chi connectivity index (χ1) is 13.0. The lowest BCUT2D eigenvalue weighted by atomic mass is 9.95. The van der Waals surface area contributed by atoms with E-state index in [-0.39, 0.29) is 36.1 Å². The number of carbonyl (C=O) groups excluding carboxylic acids is 2. The molecule has 0 spiro atoms. The number of rotatable bonds is 6. The summed E-state index contributed by atoms with van der Waals surface area (Å²) in [4.78, 5) is 24.6. The van der Waals surface area contributed by atoms with Crippen LogP contribution < -0.4 is 11.1 Å². The fourth-order valence-corrected chi connectivity index (χ4v) is 3.69. The number of nitrogens with one attached hydrogen (secondary N) is 1. The summed E-state index contributed by atoms with van der Waals surface area (Å²) in [6.45, 7) is 4.44. The number of benzene rings is 1. The van der Waals surface area contributed by atoms with Crippen LogP contribution in [-0.2, 0) is 9.53 Å². The maximum atomic E-state index is 12.6. The van der Waals surface area contributed by atoms with E-state index in [0.29, 0.717) is 30.1 Å². The van der Waals surface area contributed by atoms with Gasteiger partial charge in [0.2, 0.25) is 5.91 Å². The molecule has 1 fully saturated rings.